The van der Waals surface area contributed by atoms with E-state index in [2.05, 4.69) is 0 Å². The van der Waals surface area contributed by atoms with E-state index < -0.39 is 53.0 Å². The van der Waals surface area contributed by atoms with Crippen LogP contribution in [0.1, 0.15) is 66.2 Å². The van der Waals surface area contributed by atoms with E-state index in [4.69, 9.17) is 9.47 Å². The number of Topliss-reactive ketones (excluding diaryl/α,β-unsaturated/α-hetero) is 1. The molecule has 0 heterocycles. The fourth-order valence-electron chi connectivity index (χ4n) is 7.78. The lowest BCUT2D eigenvalue weighted by Crippen LogP contribution is -2.63. The number of hydrogen-bond acceptors (Lipinski definition) is 8. The molecular formula is C25H34O8. The molecule has 8 nitrogen and oxygen atoms in total. The molecule has 4 rings (SSSR count). The van der Waals surface area contributed by atoms with Gasteiger partial charge in [-0.2, -0.15) is 0 Å². The summed E-state index contributed by atoms with van der Waals surface area (Å²) in [6, 6.07) is 0. The average Bonchev–Trinajstić information content (AvgIpc) is 2.98. The Hall–Kier alpha value is -2.06. The molecule has 2 N–H and O–H groups in total. The maximum absolute atomic E-state index is 13.0. The van der Waals surface area contributed by atoms with E-state index in [1.165, 1.54) is 13.8 Å². The van der Waals surface area contributed by atoms with Crippen LogP contribution in [-0.2, 0) is 28.7 Å². The van der Waals surface area contributed by atoms with Gasteiger partial charge in [-0.3, -0.25) is 19.2 Å². The summed E-state index contributed by atoms with van der Waals surface area (Å²) in [6.07, 6.45) is 2.62. The molecule has 1 unspecified atom stereocenters. The van der Waals surface area contributed by atoms with Crippen LogP contribution >= 0.6 is 0 Å². The van der Waals surface area contributed by atoms with Gasteiger partial charge in [0.1, 0.15) is 11.7 Å². The Kier molecular flexibility index (Phi) is 5.85. The molecule has 4 aliphatic rings. The Morgan fingerprint density at radius 2 is 1.85 bits per heavy atom. The van der Waals surface area contributed by atoms with E-state index in [1.807, 2.05) is 13.8 Å². The minimum Gasteiger partial charge on any atom is -0.458 e. The van der Waals surface area contributed by atoms with Gasteiger partial charge in [0.2, 0.25) is 5.78 Å². The third kappa shape index (κ3) is 3.57. The Bertz CT molecular complexity index is 923. The first-order chi connectivity index (χ1) is 15.3. The number of carbonyl (C=O) groups is 4. The van der Waals surface area contributed by atoms with Crippen LogP contribution in [-0.4, -0.2) is 58.1 Å². The van der Waals surface area contributed by atoms with Crippen molar-refractivity contribution < 1.29 is 38.9 Å². The SMILES string of the molecule is CC(=O)OCC(=O)[C@@]1(O)CC[C@H]2[C@@H]3CC(OC(C)=O)C4=CC(=O)CC[C@]4(C)[C@H]3[C@@H](O)C[C@@]21C. The molecule has 0 spiro atoms. The third-order valence-corrected chi connectivity index (χ3v) is 9.22. The number of aliphatic hydroxyl groups is 2. The molecular weight excluding hydrogens is 428 g/mol. The van der Waals surface area contributed by atoms with Crippen LogP contribution < -0.4 is 0 Å². The summed E-state index contributed by atoms with van der Waals surface area (Å²) >= 11 is 0. The van der Waals surface area contributed by atoms with Crippen molar-refractivity contribution in [3.63, 3.8) is 0 Å². The highest BCUT2D eigenvalue weighted by Crippen LogP contribution is 2.67. The zero-order valence-electron chi connectivity index (χ0n) is 19.8. The van der Waals surface area contributed by atoms with Gasteiger partial charge in [0, 0.05) is 25.7 Å². The molecule has 0 aromatic carbocycles. The summed E-state index contributed by atoms with van der Waals surface area (Å²) in [5.74, 6) is -1.94. The monoisotopic (exact) mass is 462 g/mol. The second-order valence-electron chi connectivity index (χ2n) is 10.9. The Balaban J connectivity index is 1.72. The number of hydrogen-bond donors (Lipinski definition) is 2. The van der Waals surface area contributed by atoms with Crippen molar-refractivity contribution in [2.45, 2.75) is 84.0 Å². The standard InChI is InChI=1S/C25H34O8/c1-13(26)32-12-21(30)25(31)8-6-17-16-10-20(33-14(2)27)18-9-15(28)5-7-23(18,3)22(16)19(29)11-24(17,25)4/h9,16-17,19-20,22,29,31H,5-8,10-12H2,1-4H3/t16-,17-,19-,20?,22+,23-,24-,25-/m0/s1. The molecule has 3 fully saturated rings. The molecule has 0 aromatic rings. The average molecular weight is 463 g/mol. The Labute approximate surface area is 193 Å². The largest absolute Gasteiger partial charge is 0.458 e. The Morgan fingerprint density at radius 3 is 2.48 bits per heavy atom. The second kappa shape index (κ2) is 8.01. The predicted octanol–water partition coefficient (Wildman–Crippen LogP) is 1.89. The van der Waals surface area contributed by atoms with Crippen LogP contribution in [0.15, 0.2) is 11.6 Å². The quantitative estimate of drug-likeness (QED) is 0.607. The minimum atomic E-state index is -1.71. The number of ether oxygens (including phenoxy) is 2. The zero-order chi connectivity index (χ0) is 24.3. The van der Waals surface area contributed by atoms with Gasteiger partial charge in [-0.05, 0) is 66.9 Å². The van der Waals surface area contributed by atoms with Gasteiger partial charge in [-0.25, -0.2) is 0 Å². The second-order valence-corrected chi connectivity index (χ2v) is 10.9. The number of carbonyl (C=O) groups excluding carboxylic acids is 4. The van der Waals surface area contributed by atoms with Crippen molar-refractivity contribution in [3.05, 3.63) is 11.6 Å². The fraction of sp³-hybridized carbons (Fsp3) is 0.760. The van der Waals surface area contributed by atoms with Gasteiger partial charge in [-0.1, -0.05) is 13.8 Å². The van der Waals surface area contributed by atoms with Crippen LogP contribution in [0.2, 0.25) is 0 Å². The highest BCUT2D eigenvalue weighted by molar-refractivity contribution is 5.92. The van der Waals surface area contributed by atoms with Crippen LogP contribution in [0, 0.1) is 28.6 Å². The van der Waals surface area contributed by atoms with Gasteiger partial charge >= 0.3 is 11.9 Å². The first-order valence-corrected chi connectivity index (χ1v) is 11.8. The summed E-state index contributed by atoms with van der Waals surface area (Å²) in [6.45, 7) is 5.94. The first kappa shape index (κ1) is 24.1. The van der Waals surface area contributed by atoms with Crippen molar-refractivity contribution in [2.24, 2.45) is 28.6 Å². The van der Waals surface area contributed by atoms with Crippen molar-refractivity contribution in [1.82, 2.24) is 0 Å². The van der Waals surface area contributed by atoms with Gasteiger partial charge in [-0.15, -0.1) is 0 Å². The molecule has 4 aliphatic carbocycles. The molecule has 8 atom stereocenters. The van der Waals surface area contributed by atoms with Crippen molar-refractivity contribution in [2.75, 3.05) is 6.61 Å². The van der Waals surface area contributed by atoms with Crippen LogP contribution in [0.3, 0.4) is 0 Å². The van der Waals surface area contributed by atoms with Crippen LogP contribution in [0.4, 0.5) is 0 Å². The van der Waals surface area contributed by atoms with E-state index in [0.717, 1.165) is 5.57 Å². The third-order valence-electron chi connectivity index (χ3n) is 9.22. The molecule has 0 saturated heterocycles. The summed E-state index contributed by atoms with van der Waals surface area (Å²) in [4.78, 5) is 48.4. The topological polar surface area (TPSA) is 127 Å². The van der Waals surface area contributed by atoms with Crippen LogP contribution in [0.5, 0.6) is 0 Å². The lowest BCUT2D eigenvalue weighted by Gasteiger charge is -2.61. The van der Waals surface area contributed by atoms with Crippen molar-refractivity contribution >= 4 is 23.5 Å². The molecule has 0 bridgehead atoms. The van der Waals surface area contributed by atoms with Gasteiger partial charge in [0.25, 0.3) is 0 Å². The van der Waals surface area contributed by atoms with Gasteiger partial charge in [0.15, 0.2) is 12.4 Å². The fourth-order valence-corrected chi connectivity index (χ4v) is 7.78. The molecule has 0 aromatic heterocycles. The molecule has 0 radical (unpaired) electrons. The maximum Gasteiger partial charge on any atom is 0.303 e. The van der Waals surface area contributed by atoms with Crippen molar-refractivity contribution in [3.8, 4) is 0 Å². The molecule has 3 saturated carbocycles. The zero-order valence-corrected chi connectivity index (χ0v) is 19.8. The van der Waals surface area contributed by atoms with Crippen molar-refractivity contribution in [1.29, 1.82) is 0 Å². The molecule has 8 heteroatoms. The molecule has 33 heavy (non-hydrogen) atoms. The predicted molar refractivity (Wildman–Crippen MR) is 116 cm³/mol. The number of fused-ring (bicyclic) bond motifs is 5. The highest BCUT2D eigenvalue weighted by Gasteiger charge is 2.69. The highest BCUT2D eigenvalue weighted by atomic mass is 16.5. The lowest BCUT2D eigenvalue weighted by atomic mass is 9.45. The number of aliphatic hydroxyl groups excluding tert-OH is 1. The summed E-state index contributed by atoms with van der Waals surface area (Å²) in [5, 5.41) is 23.0. The lowest BCUT2D eigenvalue weighted by molar-refractivity contribution is -0.191. The minimum absolute atomic E-state index is 0.000441. The van der Waals surface area contributed by atoms with E-state index in [9.17, 15) is 29.4 Å². The van der Waals surface area contributed by atoms with Gasteiger partial charge in [0.05, 0.1) is 6.10 Å². The molecule has 182 valence electrons. The molecule has 0 amide bonds. The maximum atomic E-state index is 13.0. The first-order valence-electron chi connectivity index (χ1n) is 11.8. The van der Waals surface area contributed by atoms with Crippen LogP contribution in [0.25, 0.3) is 0 Å². The summed E-state index contributed by atoms with van der Waals surface area (Å²) in [7, 11) is 0. The normalized spacial score (nSPS) is 44.1. The number of rotatable bonds is 4. The summed E-state index contributed by atoms with van der Waals surface area (Å²) in [5.41, 5.74) is -2.36. The van der Waals surface area contributed by atoms with E-state index in [1.54, 1.807) is 6.08 Å². The number of ketones is 2. The summed E-state index contributed by atoms with van der Waals surface area (Å²) < 4.78 is 10.6. The van der Waals surface area contributed by atoms with E-state index >= 15 is 0 Å². The smallest absolute Gasteiger partial charge is 0.303 e. The Morgan fingerprint density at radius 1 is 1.15 bits per heavy atom. The molecule has 0 aliphatic heterocycles. The van der Waals surface area contributed by atoms with Gasteiger partial charge < -0.3 is 19.7 Å². The number of esters is 2. The van der Waals surface area contributed by atoms with E-state index in [-0.39, 0.29) is 36.4 Å². The van der Waals surface area contributed by atoms with E-state index in [0.29, 0.717) is 25.7 Å².